The molecule has 0 aliphatic heterocycles. The Morgan fingerprint density at radius 1 is 1.24 bits per heavy atom. The fourth-order valence-corrected chi connectivity index (χ4v) is 2.55. The first-order valence-electron chi connectivity index (χ1n) is 6.87. The Hall–Kier alpha value is -2.37. The summed E-state index contributed by atoms with van der Waals surface area (Å²) in [6.07, 6.45) is 1.73. The Morgan fingerprint density at radius 3 is 2.62 bits per heavy atom. The summed E-state index contributed by atoms with van der Waals surface area (Å²) in [6.45, 7) is 1.40. The number of benzene rings is 1. The molecule has 2 amide bonds. The van der Waals surface area contributed by atoms with Gasteiger partial charge in [0.1, 0.15) is 0 Å². The number of carboxylic acids is 1. The first-order valence-corrected chi connectivity index (χ1v) is 6.87. The molecular formula is C15H18N2O4. The van der Waals surface area contributed by atoms with Gasteiger partial charge in [-0.15, -0.1) is 0 Å². The first kappa shape index (κ1) is 15.0. The highest BCUT2D eigenvalue weighted by Gasteiger charge is 2.30. The van der Waals surface area contributed by atoms with Crippen molar-refractivity contribution in [1.82, 2.24) is 5.32 Å². The van der Waals surface area contributed by atoms with E-state index in [2.05, 4.69) is 10.6 Å². The fourth-order valence-electron chi connectivity index (χ4n) is 2.55. The van der Waals surface area contributed by atoms with Crippen LogP contribution in [-0.2, 0) is 9.59 Å². The van der Waals surface area contributed by atoms with Crippen LogP contribution < -0.4 is 10.6 Å². The maximum atomic E-state index is 12.1. The number of amides is 2. The molecule has 21 heavy (non-hydrogen) atoms. The van der Waals surface area contributed by atoms with E-state index in [1.807, 2.05) is 0 Å². The van der Waals surface area contributed by atoms with E-state index >= 15 is 0 Å². The lowest BCUT2D eigenvalue weighted by molar-refractivity contribution is -0.141. The van der Waals surface area contributed by atoms with E-state index in [0.29, 0.717) is 30.5 Å². The Bertz CT molecular complexity index is 571. The van der Waals surface area contributed by atoms with Crippen molar-refractivity contribution in [2.24, 2.45) is 5.92 Å². The molecule has 1 aromatic carbocycles. The smallest absolute Gasteiger partial charge is 0.306 e. The highest BCUT2D eigenvalue weighted by atomic mass is 16.4. The third kappa shape index (κ3) is 4.05. The molecule has 0 bridgehead atoms. The van der Waals surface area contributed by atoms with Crippen LogP contribution in [0.1, 0.15) is 36.5 Å². The van der Waals surface area contributed by atoms with Crippen LogP contribution >= 0.6 is 0 Å². The van der Waals surface area contributed by atoms with E-state index in [1.165, 1.54) is 6.92 Å². The van der Waals surface area contributed by atoms with Crippen molar-refractivity contribution in [2.45, 2.75) is 32.2 Å². The Morgan fingerprint density at radius 2 is 2.00 bits per heavy atom. The average molecular weight is 290 g/mol. The molecule has 0 aromatic heterocycles. The number of hydrogen-bond donors (Lipinski definition) is 3. The molecular weight excluding hydrogens is 272 g/mol. The van der Waals surface area contributed by atoms with Crippen LogP contribution in [0.4, 0.5) is 5.69 Å². The Labute approximate surface area is 122 Å². The lowest BCUT2D eigenvalue weighted by atomic mass is 10.1. The van der Waals surface area contributed by atoms with Crippen molar-refractivity contribution < 1.29 is 19.5 Å². The van der Waals surface area contributed by atoms with Gasteiger partial charge in [0.15, 0.2) is 0 Å². The summed E-state index contributed by atoms with van der Waals surface area (Å²) in [5, 5.41) is 14.4. The fraction of sp³-hybridized carbons (Fsp3) is 0.400. The number of carboxylic acid groups (broad SMARTS) is 1. The van der Waals surface area contributed by atoms with Gasteiger partial charge in [-0.3, -0.25) is 14.4 Å². The van der Waals surface area contributed by atoms with Gasteiger partial charge in [-0.2, -0.15) is 0 Å². The van der Waals surface area contributed by atoms with E-state index in [9.17, 15) is 14.4 Å². The van der Waals surface area contributed by atoms with Crippen molar-refractivity contribution in [3.05, 3.63) is 29.8 Å². The van der Waals surface area contributed by atoms with Crippen molar-refractivity contribution in [3.8, 4) is 0 Å². The molecule has 6 nitrogen and oxygen atoms in total. The first-order chi connectivity index (χ1) is 9.95. The van der Waals surface area contributed by atoms with E-state index in [4.69, 9.17) is 5.11 Å². The van der Waals surface area contributed by atoms with Crippen molar-refractivity contribution in [1.29, 1.82) is 0 Å². The zero-order valence-electron chi connectivity index (χ0n) is 11.8. The summed E-state index contributed by atoms with van der Waals surface area (Å²) in [5.74, 6) is -1.63. The number of carbonyl (C=O) groups excluding carboxylic acids is 2. The van der Waals surface area contributed by atoms with Gasteiger partial charge in [-0.05, 0) is 37.5 Å². The largest absolute Gasteiger partial charge is 0.481 e. The zero-order chi connectivity index (χ0) is 15.4. The predicted molar refractivity (Wildman–Crippen MR) is 77.0 cm³/mol. The lowest BCUT2D eigenvalue weighted by Gasteiger charge is -2.13. The molecule has 1 aromatic rings. The van der Waals surface area contributed by atoms with Crippen LogP contribution in [0.2, 0.25) is 0 Å². The molecule has 2 atom stereocenters. The van der Waals surface area contributed by atoms with Crippen molar-refractivity contribution >= 4 is 23.5 Å². The average Bonchev–Trinajstić information content (AvgIpc) is 2.87. The molecule has 1 saturated carbocycles. The molecule has 6 heteroatoms. The molecule has 0 heterocycles. The van der Waals surface area contributed by atoms with E-state index in [-0.39, 0.29) is 23.8 Å². The van der Waals surface area contributed by atoms with Crippen LogP contribution in [0.25, 0.3) is 0 Å². The minimum absolute atomic E-state index is 0.108. The van der Waals surface area contributed by atoms with E-state index in [0.717, 1.165) is 0 Å². The monoisotopic (exact) mass is 290 g/mol. The molecule has 0 spiro atoms. The molecule has 0 saturated heterocycles. The molecule has 0 radical (unpaired) electrons. The maximum Gasteiger partial charge on any atom is 0.306 e. The van der Waals surface area contributed by atoms with Gasteiger partial charge in [0, 0.05) is 24.2 Å². The van der Waals surface area contributed by atoms with Crippen LogP contribution in [0.3, 0.4) is 0 Å². The van der Waals surface area contributed by atoms with Gasteiger partial charge in [0.05, 0.1) is 5.92 Å². The van der Waals surface area contributed by atoms with Crippen LogP contribution in [-0.4, -0.2) is 28.9 Å². The summed E-state index contributed by atoms with van der Waals surface area (Å²) >= 11 is 0. The quantitative estimate of drug-likeness (QED) is 0.785. The van der Waals surface area contributed by atoms with Gasteiger partial charge >= 0.3 is 5.97 Å². The molecule has 1 aliphatic rings. The number of rotatable bonds is 4. The Kier molecular flexibility index (Phi) is 4.57. The third-order valence-electron chi connectivity index (χ3n) is 3.56. The van der Waals surface area contributed by atoms with Gasteiger partial charge in [0.25, 0.3) is 5.91 Å². The van der Waals surface area contributed by atoms with Crippen molar-refractivity contribution in [2.75, 3.05) is 5.32 Å². The standard InChI is InChI=1S/C15H18N2O4/c1-9(18)16-12-4-2-3-10(7-12)14(19)17-13-6-5-11(8-13)15(20)21/h2-4,7,11,13H,5-6,8H2,1H3,(H,16,18)(H,17,19)(H,20,21)/t11-,13+/m1/s1. The predicted octanol–water partition coefficient (Wildman–Crippen LogP) is 1.63. The van der Waals surface area contributed by atoms with Gasteiger partial charge < -0.3 is 15.7 Å². The van der Waals surface area contributed by atoms with Gasteiger partial charge in [-0.1, -0.05) is 6.07 Å². The van der Waals surface area contributed by atoms with Gasteiger partial charge in [-0.25, -0.2) is 0 Å². The lowest BCUT2D eigenvalue weighted by Crippen LogP contribution is -2.33. The summed E-state index contributed by atoms with van der Waals surface area (Å²) in [5.41, 5.74) is 1.00. The number of carbonyl (C=O) groups is 3. The summed E-state index contributed by atoms with van der Waals surface area (Å²) < 4.78 is 0. The second kappa shape index (κ2) is 6.39. The minimum Gasteiger partial charge on any atom is -0.481 e. The summed E-state index contributed by atoms with van der Waals surface area (Å²) in [4.78, 5) is 34.0. The minimum atomic E-state index is -0.806. The number of hydrogen-bond acceptors (Lipinski definition) is 3. The Balaban J connectivity index is 1.97. The summed E-state index contributed by atoms with van der Waals surface area (Å²) in [6, 6.07) is 6.54. The number of anilines is 1. The van der Waals surface area contributed by atoms with Gasteiger partial charge in [0.2, 0.25) is 5.91 Å². The summed E-state index contributed by atoms with van der Waals surface area (Å²) in [7, 11) is 0. The molecule has 1 aliphatic carbocycles. The van der Waals surface area contributed by atoms with E-state index < -0.39 is 5.97 Å². The van der Waals surface area contributed by atoms with Crippen molar-refractivity contribution in [3.63, 3.8) is 0 Å². The zero-order valence-corrected chi connectivity index (χ0v) is 11.8. The van der Waals surface area contributed by atoms with E-state index in [1.54, 1.807) is 24.3 Å². The van der Waals surface area contributed by atoms with Crippen LogP contribution in [0.15, 0.2) is 24.3 Å². The second-order valence-electron chi connectivity index (χ2n) is 5.28. The number of aliphatic carboxylic acids is 1. The molecule has 0 unspecified atom stereocenters. The molecule has 3 N–H and O–H groups in total. The highest BCUT2D eigenvalue weighted by molar-refractivity contribution is 5.97. The van der Waals surface area contributed by atoms with Crippen LogP contribution in [0.5, 0.6) is 0 Å². The van der Waals surface area contributed by atoms with Crippen LogP contribution in [0, 0.1) is 5.92 Å². The number of nitrogens with one attached hydrogen (secondary N) is 2. The highest BCUT2D eigenvalue weighted by Crippen LogP contribution is 2.26. The third-order valence-corrected chi connectivity index (χ3v) is 3.56. The molecule has 112 valence electrons. The normalized spacial score (nSPS) is 20.8. The molecule has 1 fully saturated rings. The topological polar surface area (TPSA) is 95.5 Å². The second-order valence-corrected chi connectivity index (χ2v) is 5.28. The maximum absolute atomic E-state index is 12.1. The molecule has 2 rings (SSSR count). The SMILES string of the molecule is CC(=O)Nc1cccc(C(=O)N[C@H]2CC[C@@H](C(=O)O)C2)c1.